The maximum Gasteiger partial charge on any atom is 0.287 e. The molecule has 0 bridgehead atoms. The summed E-state index contributed by atoms with van der Waals surface area (Å²) >= 11 is 0. The van der Waals surface area contributed by atoms with Crippen molar-refractivity contribution in [2.24, 2.45) is 0 Å². The normalized spacial score (nSPS) is 14.2. The molecule has 0 spiro atoms. The fraction of sp³-hybridized carbons (Fsp3) is 0.381. The number of aryl methyl sites for hydroxylation is 1. The number of hydrogen-bond acceptors (Lipinski definition) is 6. The number of carbonyl (C=O) groups excluding carboxylic acids is 1. The van der Waals surface area contributed by atoms with Gasteiger partial charge in [-0.1, -0.05) is 18.2 Å². The molecule has 2 aromatic heterocycles. The van der Waals surface area contributed by atoms with Gasteiger partial charge in [-0.05, 0) is 38.3 Å². The fourth-order valence-corrected chi connectivity index (χ4v) is 3.47. The number of para-hydroxylation sites is 1. The molecule has 0 saturated carbocycles. The van der Waals surface area contributed by atoms with Crippen molar-refractivity contribution in [2.75, 3.05) is 36.4 Å². The SMILES string of the molecule is Cc1nc(NCCNC(=O)c2cc3ccccc3o2)cc(N2CCCCC2)n1. The molecular formula is C21H25N5O2. The van der Waals surface area contributed by atoms with Crippen LogP contribution in [0.2, 0.25) is 0 Å². The lowest BCUT2D eigenvalue weighted by Crippen LogP contribution is -2.31. The van der Waals surface area contributed by atoms with Crippen molar-refractivity contribution in [1.29, 1.82) is 0 Å². The van der Waals surface area contributed by atoms with Crippen LogP contribution in [0.3, 0.4) is 0 Å². The third-order valence-corrected chi connectivity index (χ3v) is 4.87. The molecule has 0 aliphatic carbocycles. The molecule has 0 atom stereocenters. The van der Waals surface area contributed by atoms with Gasteiger partial charge in [-0.2, -0.15) is 0 Å². The van der Waals surface area contributed by atoms with Crippen molar-refractivity contribution in [3.63, 3.8) is 0 Å². The first-order chi connectivity index (χ1) is 13.7. The largest absolute Gasteiger partial charge is 0.451 e. The fourth-order valence-electron chi connectivity index (χ4n) is 3.47. The molecule has 1 aliphatic rings. The number of hydrogen-bond donors (Lipinski definition) is 2. The van der Waals surface area contributed by atoms with Crippen LogP contribution in [0.5, 0.6) is 0 Å². The minimum absolute atomic E-state index is 0.217. The number of nitrogens with zero attached hydrogens (tertiary/aromatic N) is 3. The summed E-state index contributed by atoms with van der Waals surface area (Å²) in [6, 6.07) is 11.3. The summed E-state index contributed by atoms with van der Waals surface area (Å²) in [6.45, 7) is 5.04. The van der Waals surface area contributed by atoms with E-state index < -0.39 is 0 Å². The van der Waals surface area contributed by atoms with Gasteiger partial charge in [0, 0.05) is 37.6 Å². The van der Waals surface area contributed by atoms with Gasteiger partial charge in [-0.15, -0.1) is 0 Å². The first kappa shape index (κ1) is 18.3. The predicted octanol–water partition coefficient (Wildman–Crippen LogP) is 3.36. The highest BCUT2D eigenvalue weighted by Crippen LogP contribution is 2.20. The lowest BCUT2D eigenvalue weighted by Gasteiger charge is -2.28. The molecular weight excluding hydrogens is 354 g/mol. The average molecular weight is 379 g/mol. The lowest BCUT2D eigenvalue weighted by atomic mass is 10.1. The van der Waals surface area contributed by atoms with Gasteiger partial charge in [0.2, 0.25) is 0 Å². The Kier molecular flexibility index (Phi) is 5.41. The summed E-state index contributed by atoms with van der Waals surface area (Å²) in [6.07, 6.45) is 3.70. The summed E-state index contributed by atoms with van der Waals surface area (Å²) in [5.74, 6) is 2.61. The Labute approximate surface area is 164 Å². The second-order valence-electron chi connectivity index (χ2n) is 7.04. The number of furan rings is 1. The van der Waals surface area contributed by atoms with Gasteiger partial charge in [0.05, 0.1) is 0 Å². The molecule has 146 valence electrons. The van der Waals surface area contributed by atoms with Crippen LogP contribution in [-0.2, 0) is 0 Å². The lowest BCUT2D eigenvalue weighted by molar-refractivity contribution is 0.0929. The molecule has 7 heteroatoms. The molecule has 2 N–H and O–H groups in total. The second-order valence-corrected chi connectivity index (χ2v) is 7.04. The van der Waals surface area contributed by atoms with E-state index in [0.29, 0.717) is 24.4 Å². The monoisotopic (exact) mass is 379 g/mol. The average Bonchev–Trinajstić information content (AvgIpc) is 3.16. The molecule has 1 saturated heterocycles. The molecule has 1 amide bonds. The highest BCUT2D eigenvalue weighted by Gasteiger charge is 2.14. The van der Waals surface area contributed by atoms with Crippen molar-refractivity contribution in [1.82, 2.24) is 15.3 Å². The second kappa shape index (κ2) is 8.29. The highest BCUT2D eigenvalue weighted by molar-refractivity contribution is 5.96. The highest BCUT2D eigenvalue weighted by atomic mass is 16.3. The summed E-state index contributed by atoms with van der Waals surface area (Å²) in [5, 5.41) is 7.07. The van der Waals surface area contributed by atoms with Crippen LogP contribution in [0.15, 0.2) is 40.8 Å². The van der Waals surface area contributed by atoms with E-state index in [1.54, 1.807) is 6.07 Å². The minimum Gasteiger partial charge on any atom is -0.451 e. The third-order valence-electron chi connectivity index (χ3n) is 4.87. The zero-order valence-electron chi connectivity index (χ0n) is 16.1. The third kappa shape index (κ3) is 4.24. The summed E-state index contributed by atoms with van der Waals surface area (Å²) in [5.41, 5.74) is 0.715. The Morgan fingerprint density at radius 3 is 2.75 bits per heavy atom. The molecule has 1 aromatic carbocycles. The van der Waals surface area contributed by atoms with E-state index in [1.165, 1.54) is 19.3 Å². The van der Waals surface area contributed by atoms with E-state index in [-0.39, 0.29) is 5.91 Å². The van der Waals surface area contributed by atoms with Gasteiger partial charge in [-0.25, -0.2) is 9.97 Å². The quantitative estimate of drug-likeness (QED) is 0.639. The Morgan fingerprint density at radius 2 is 1.93 bits per heavy atom. The van der Waals surface area contributed by atoms with E-state index in [2.05, 4.69) is 25.5 Å². The molecule has 1 fully saturated rings. The molecule has 4 rings (SSSR count). The van der Waals surface area contributed by atoms with Crippen molar-refractivity contribution < 1.29 is 9.21 Å². The number of nitrogens with one attached hydrogen (secondary N) is 2. The first-order valence-electron chi connectivity index (χ1n) is 9.80. The van der Waals surface area contributed by atoms with Crippen LogP contribution >= 0.6 is 0 Å². The van der Waals surface area contributed by atoms with Crippen LogP contribution in [0.1, 0.15) is 35.6 Å². The zero-order valence-corrected chi connectivity index (χ0v) is 16.1. The molecule has 7 nitrogen and oxygen atoms in total. The topological polar surface area (TPSA) is 83.3 Å². The molecule has 28 heavy (non-hydrogen) atoms. The van der Waals surface area contributed by atoms with Gasteiger partial charge in [0.1, 0.15) is 23.0 Å². The van der Waals surface area contributed by atoms with Gasteiger partial charge >= 0.3 is 0 Å². The smallest absolute Gasteiger partial charge is 0.287 e. The zero-order chi connectivity index (χ0) is 19.3. The summed E-state index contributed by atoms with van der Waals surface area (Å²) in [7, 11) is 0. The van der Waals surface area contributed by atoms with Crippen molar-refractivity contribution in [3.8, 4) is 0 Å². The molecule has 0 radical (unpaired) electrons. The number of piperidine rings is 1. The maximum atomic E-state index is 12.3. The van der Waals surface area contributed by atoms with Crippen LogP contribution in [0.25, 0.3) is 11.0 Å². The number of rotatable bonds is 6. The van der Waals surface area contributed by atoms with Crippen molar-refractivity contribution in [2.45, 2.75) is 26.2 Å². The summed E-state index contributed by atoms with van der Waals surface area (Å²) in [4.78, 5) is 23.6. The molecule has 3 aromatic rings. The van der Waals surface area contributed by atoms with Crippen LogP contribution in [-0.4, -0.2) is 42.1 Å². The van der Waals surface area contributed by atoms with Crippen molar-refractivity contribution >= 4 is 28.5 Å². The van der Waals surface area contributed by atoms with Crippen LogP contribution < -0.4 is 15.5 Å². The number of anilines is 2. The molecule has 1 aliphatic heterocycles. The summed E-state index contributed by atoms with van der Waals surface area (Å²) < 4.78 is 5.59. The number of fused-ring (bicyclic) bond motifs is 1. The van der Waals surface area contributed by atoms with E-state index in [0.717, 1.165) is 35.9 Å². The van der Waals surface area contributed by atoms with Gasteiger partial charge in [-0.3, -0.25) is 4.79 Å². The first-order valence-corrected chi connectivity index (χ1v) is 9.80. The van der Waals surface area contributed by atoms with Gasteiger partial charge < -0.3 is 20.0 Å². The number of carbonyl (C=O) groups is 1. The van der Waals surface area contributed by atoms with E-state index in [1.807, 2.05) is 37.3 Å². The van der Waals surface area contributed by atoms with E-state index in [9.17, 15) is 4.79 Å². The van der Waals surface area contributed by atoms with Crippen molar-refractivity contribution in [3.05, 3.63) is 48.0 Å². The van der Waals surface area contributed by atoms with Gasteiger partial charge in [0.15, 0.2) is 5.76 Å². The Bertz CT molecular complexity index is 929. The standard InChI is InChI=1S/C21H25N5O2/c1-15-24-19(14-20(25-15)26-11-5-2-6-12-26)22-9-10-23-21(27)18-13-16-7-3-4-8-17(16)28-18/h3-4,7-8,13-14H,2,5-6,9-12H2,1H3,(H,23,27)(H,22,24,25). The van der Waals surface area contributed by atoms with Crippen LogP contribution in [0.4, 0.5) is 11.6 Å². The minimum atomic E-state index is -0.217. The Morgan fingerprint density at radius 1 is 1.11 bits per heavy atom. The Balaban J connectivity index is 1.31. The van der Waals surface area contributed by atoms with E-state index >= 15 is 0 Å². The van der Waals surface area contributed by atoms with Gasteiger partial charge in [0.25, 0.3) is 5.91 Å². The number of benzene rings is 1. The van der Waals surface area contributed by atoms with Crippen LogP contribution in [0, 0.1) is 6.92 Å². The predicted molar refractivity (Wildman–Crippen MR) is 110 cm³/mol. The maximum absolute atomic E-state index is 12.3. The molecule has 3 heterocycles. The number of aromatic nitrogens is 2. The molecule has 0 unspecified atom stereocenters. The number of amides is 1. The Hall–Kier alpha value is -3.09. The van der Waals surface area contributed by atoms with E-state index in [4.69, 9.17) is 4.42 Å².